The van der Waals surface area contributed by atoms with Gasteiger partial charge in [0.25, 0.3) is 0 Å². The second-order valence-electron chi connectivity index (χ2n) is 0.986. The van der Waals surface area contributed by atoms with Crippen molar-refractivity contribution in [1.29, 1.82) is 0 Å². The van der Waals surface area contributed by atoms with E-state index in [1.165, 1.54) is 7.05 Å². The largest absolute Gasteiger partial charge is 0.382 e. The minimum atomic E-state index is 0.691. The number of methoxy groups -OCH3 is 2. The summed E-state index contributed by atoms with van der Waals surface area (Å²) in [7, 11) is 4.80. The van der Waals surface area contributed by atoms with Gasteiger partial charge in [0.05, 0.1) is 13.2 Å². The Morgan fingerprint density at radius 2 is 1.10 bits per heavy atom. The third-order valence-electron chi connectivity index (χ3n) is 0.492. The van der Waals surface area contributed by atoms with Crippen LogP contribution in [0.25, 0.3) is 0 Å². The molecule has 0 aromatic carbocycles. The lowest BCUT2D eigenvalue weighted by Crippen LogP contribution is -1.96. The zero-order valence-corrected chi connectivity index (χ0v) is 7.81. The molecule has 0 aliphatic rings. The molecule has 0 amide bonds. The highest BCUT2D eigenvalue weighted by molar-refractivity contribution is 4.17. The Morgan fingerprint density at radius 1 is 0.900 bits per heavy atom. The van der Waals surface area contributed by atoms with Crippen LogP contribution in [0, 0.1) is 0 Å². The van der Waals surface area contributed by atoms with Gasteiger partial charge < -0.3 is 15.2 Å². The van der Waals surface area contributed by atoms with Crippen molar-refractivity contribution in [1.82, 2.24) is 0 Å². The molecule has 66 valence electrons. The summed E-state index contributed by atoms with van der Waals surface area (Å²) < 4.78 is 9.31. The molecule has 2 N–H and O–H groups in total. The third kappa shape index (κ3) is 45.0. The predicted molar refractivity (Wildman–Crippen MR) is 45.2 cm³/mol. The first-order valence-electron chi connectivity index (χ1n) is 3.47. The predicted octanol–water partition coefficient (Wildman–Crippen LogP) is 0.880. The second-order valence-corrected chi connectivity index (χ2v) is 0.986. The quantitative estimate of drug-likeness (QED) is 0.609. The van der Waals surface area contributed by atoms with Gasteiger partial charge in [0, 0.05) is 14.2 Å². The van der Waals surface area contributed by atoms with Crippen molar-refractivity contribution in [2.75, 3.05) is 34.5 Å². The van der Waals surface area contributed by atoms with E-state index in [9.17, 15) is 0 Å². The van der Waals surface area contributed by atoms with Crippen molar-refractivity contribution in [3.05, 3.63) is 0 Å². The molecule has 0 saturated carbocycles. The van der Waals surface area contributed by atoms with Crippen LogP contribution in [0.3, 0.4) is 0 Å². The molecule has 0 aliphatic carbocycles. The second kappa shape index (κ2) is 36.6. The minimum Gasteiger partial charge on any atom is -0.382 e. The molecule has 0 aromatic rings. The Kier molecular flexibility index (Phi) is 60.3. The van der Waals surface area contributed by atoms with E-state index in [0.29, 0.717) is 13.2 Å². The molecule has 0 aliphatic heterocycles. The first kappa shape index (κ1) is 16.5. The summed E-state index contributed by atoms with van der Waals surface area (Å²) in [6.07, 6.45) is 0. The lowest BCUT2D eigenvalue weighted by Gasteiger charge is -1.91. The van der Waals surface area contributed by atoms with E-state index < -0.39 is 0 Å². The molecule has 3 heteroatoms. The number of hydrogen-bond acceptors (Lipinski definition) is 3. The summed E-state index contributed by atoms with van der Waals surface area (Å²) in [6.45, 7) is 5.38. The van der Waals surface area contributed by atoms with Gasteiger partial charge in [-0.3, -0.25) is 0 Å². The van der Waals surface area contributed by atoms with Gasteiger partial charge in [-0.25, -0.2) is 0 Å². The minimum absolute atomic E-state index is 0.691. The zero-order valence-electron chi connectivity index (χ0n) is 7.81. The average molecular weight is 151 g/mol. The smallest absolute Gasteiger partial charge is 0.0696 e. The highest BCUT2D eigenvalue weighted by atomic mass is 16.5. The van der Waals surface area contributed by atoms with Crippen LogP contribution < -0.4 is 5.73 Å². The molecule has 0 aromatic heterocycles. The average Bonchev–Trinajstić information content (AvgIpc) is 2.08. The molecule has 0 fully saturated rings. The Labute approximate surface area is 64.5 Å². The van der Waals surface area contributed by atoms with E-state index >= 15 is 0 Å². The molecule has 0 bridgehead atoms. The number of hydrogen-bond donors (Lipinski definition) is 1. The standard InChI is InChI=1S/C4H10O2.C2H6.CH5N/c1-5-3-4-6-2;2*1-2/h3-4H2,1-2H3;1-2H3;2H2,1H3. The van der Waals surface area contributed by atoms with Crippen LogP contribution in [0.5, 0.6) is 0 Å². The topological polar surface area (TPSA) is 44.5 Å². The van der Waals surface area contributed by atoms with Crippen molar-refractivity contribution in [2.24, 2.45) is 5.73 Å². The van der Waals surface area contributed by atoms with Gasteiger partial charge in [-0.15, -0.1) is 0 Å². The maximum Gasteiger partial charge on any atom is 0.0696 e. The molecule has 0 rings (SSSR count). The first-order chi connectivity index (χ1) is 4.91. The van der Waals surface area contributed by atoms with E-state index in [4.69, 9.17) is 0 Å². The van der Waals surface area contributed by atoms with Crippen LogP contribution in [-0.2, 0) is 9.47 Å². The van der Waals surface area contributed by atoms with Crippen LogP contribution in [-0.4, -0.2) is 34.5 Å². The molecule has 3 nitrogen and oxygen atoms in total. The SMILES string of the molecule is CC.CN.COCCOC. The third-order valence-corrected chi connectivity index (χ3v) is 0.492. The monoisotopic (exact) mass is 151 g/mol. The fourth-order valence-electron chi connectivity index (χ4n) is 0.167. The number of nitrogens with two attached hydrogens (primary N) is 1. The Balaban J connectivity index is -0.000000105. The highest BCUT2D eigenvalue weighted by Crippen LogP contribution is 1.65. The number of ether oxygens (including phenoxy) is 2. The van der Waals surface area contributed by atoms with E-state index in [-0.39, 0.29) is 0 Å². The summed E-state index contributed by atoms with van der Waals surface area (Å²) >= 11 is 0. The molecule has 0 heterocycles. The Bertz CT molecular complexity index is 23.6. The molecule has 0 radical (unpaired) electrons. The molecule has 0 saturated heterocycles. The maximum absolute atomic E-state index is 4.66. The number of rotatable bonds is 3. The molecule has 0 atom stereocenters. The van der Waals surface area contributed by atoms with Crippen molar-refractivity contribution in [3.8, 4) is 0 Å². The Hall–Kier alpha value is -0.120. The maximum atomic E-state index is 4.66. The van der Waals surface area contributed by atoms with Crippen molar-refractivity contribution < 1.29 is 9.47 Å². The first-order valence-corrected chi connectivity index (χ1v) is 3.47. The molecular weight excluding hydrogens is 130 g/mol. The highest BCUT2D eigenvalue weighted by Gasteiger charge is 1.73. The van der Waals surface area contributed by atoms with Gasteiger partial charge in [-0.2, -0.15) is 0 Å². The summed E-state index contributed by atoms with van der Waals surface area (Å²) in [5, 5.41) is 0. The summed E-state index contributed by atoms with van der Waals surface area (Å²) in [5.41, 5.74) is 4.50. The van der Waals surface area contributed by atoms with Crippen LogP contribution in [0.4, 0.5) is 0 Å². The van der Waals surface area contributed by atoms with Crippen LogP contribution in [0.2, 0.25) is 0 Å². The van der Waals surface area contributed by atoms with E-state index in [1.807, 2.05) is 13.8 Å². The van der Waals surface area contributed by atoms with Gasteiger partial charge in [-0.1, -0.05) is 13.8 Å². The van der Waals surface area contributed by atoms with Crippen molar-refractivity contribution >= 4 is 0 Å². The molecular formula is C7H21NO2. The van der Waals surface area contributed by atoms with Gasteiger partial charge >= 0.3 is 0 Å². The van der Waals surface area contributed by atoms with Crippen LogP contribution >= 0.6 is 0 Å². The van der Waals surface area contributed by atoms with Gasteiger partial charge in [0.2, 0.25) is 0 Å². The fraction of sp³-hybridized carbons (Fsp3) is 1.00. The van der Waals surface area contributed by atoms with E-state index in [1.54, 1.807) is 14.2 Å². The normalized spacial score (nSPS) is 6.60. The van der Waals surface area contributed by atoms with E-state index in [0.717, 1.165) is 0 Å². The van der Waals surface area contributed by atoms with Crippen LogP contribution in [0.15, 0.2) is 0 Å². The van der Waals surface area contributed by atoms with Gasteiger partial charge in [-0.05, 0) is 7.05 Å². The molecule has 0 spiro atoms. The van der Waals surface area contributed by atoms with Crippen LogP contribution in [0.1, 0.15) is 13.8 Å². The van der Waals surface area contributed by atoms with Crippen molar-refractivity contribution in [3.63, 3.8) is 0 Å². The lowest BCUT2D eigenvalue weighted by atomic mass is 10.8. The van der Waals surface area contributed by atoms with Gasteiger partial charge in [0.1, 0.15) is 0 Å². The fourth-order valence-corrected chi connectivity index (χ4v) is 0.167. The summed E-state index contributed by atoms with van der Waals surface area (Å²) in [6, 6.07) is 0. The van der Waals surface area contributed by atoms with E-state index in [2.05, 4.69) is 15.2 Å². The molecule has 10 heavy (non-hydrogen) atoms. The summed E-state index contributed by atoms with van der Waals surface area (Å²) in [4.78, 5) is 0. The lowest BCUT2D eigenvalue weighted by molar-refractivity contribution is 0.103. The Morgan fingerprint density at radius 3 is 1.20 bits per heavy atom. The molecule has 0 unspecified atom stereocenters. The zero-order chi connectivity index (χ0) is 8.83. The van der Waals surface area contributed by atoms with Crippen molar-refractivity contribution in [2.45, 2.75) is 13.8 Å². The van der Waals surface area contributed by atoms with Gasteiger partial charge in [0.15, 0.2) is 0 Å². The summed E-state index contributed by atoms with van der Waals surface area (Å²) in [5.74, 6) is 0.